The van der Waals surface area contributed by atoms with Crippen molar-refractivity contribution in [3.05, 3.63) is 48.8 Å². The van der Waals surface area contributed by atoms with Gasteiger partial charge < -0.3 is 20.4 Å². The van der Waals surface area contributed by atoms with Crippen molar-refractivity contribution in [2.45, 2.75) is 19.8 Å². The van der Waals surface area contributed by atoms with Crippen LogP contribution in [-0.4, -0.2) is 66.6 Å². The summed E-state index contributed by atoms with van der Waals surface area (Å²) in [5, 5.41) is 6.78. The van der Waals surface area contributed by atoms with Crippen molar-refractivity contribution < 1.29 is 0 Å². The van der Waals surface area contributed by atoms with E-state index in [1.54, 1.807) is 0 Å². The SMILES string of the molecule is CCNC(=NCCCCNc1ccccn1)N1CCN(c2ccccn2)CC1.I. The van der Waals surface area contributed by atoms with Crippen LogP contribution in [0.4, 0.5) is 11.6 Å². The highest BCUT2D eigenvalue weighted by atomic mass is 127. The maximum atomic E-state index is 4.83. The number of aliphatic imine (C=N–C) groups is 1. The first-order valence-corrected chi connectivity index (χ1v) is 10.2. The summed E-state index contributed by atoms with van der Waals surface area (Å²) in [7, 11) is 0. The van der Waals surface area contributed by atoms with Crippen LogP contribution in [0.2, 0.25) is 0 Å². The number of halogens is 1. The van der Waals surface area contributed by atoms with Crippen LogP contribution in [0.3, 0.4) is 0 Å². The van der Waals surface area contributed by atoms with Crippen LogP contribution in [0.15, 0.2) is 53.8 Å². The number of pyridine rings is 2. The van der Waals surface area contributed by atoms with E-state index in [0.717, 1.165) is 76.3 Å². The van der Waals surface area contributed by atoms with Crippen LogP contribution in [0, 0.1) is 0 Å². The van der Waals surface area contributed by atoms with Gasteiger partial charge >= 0.3 is 0 Å². The molecule has 29 heavy (non-hydrogen) atoms. The number of hydrogen-bond donors (Lipinski definition) is 2. The number of unbranched alkanes of at least 4 members (excludes halogenated alkanes) is 1. The molecule has 2 aromatic heterocycles. The first-order chi connectivity index (χ1) is 13.9. The monoisotopic (exact) mass is 509 g/mol. The second-order valence-corrected chi connectivity index (χ2v) is 6.75. The van der Waals surface area contributed by atoms with E-state index in [2.05, 4.69) is 43.4 Å². The lowest BCUT2D eigenvalue weighted by molar-refractivity contribution is 0.371. The summed E-state index contributed by atoms with van der Waals surface area (Å²) in [6.45, 7) is 8.63. The number of guanidine groups is 1. The summed E-state index contributed by atoms with van der Waals surface area (Å²) in [5.41, 5.74) is 0. The summed E-state index contributed by atoms with van der Waals surface area (Å²) in [5.74, 6) is 3.02. The highest BCUT2D eigenvalue weighted by Crippen LogP contribution is 2.12. The molecule has 3 heterocycles. The van der Waals surface area contributed by atoms with E-state index in [-0.39, 0.29) is 24.0 Å². The van der Waals surface area contributed by atoms with Crippen molar-refractivity contribution in [2.75, 3.05) is 56.0 Å². The van der Waals surface area contributed by atoms with E-state index in [0.29, 0.717) is 0 Å². The molecule has 2 aromatic rings. The fraction of sp³-hybridized carbons (Fsp3) is 0.476. The van der Waals surface area contributed by atoms with Crippen LogP contribution in [0.1, 0.15) is 19.8 Å². The Bertz CT molecular complexity index is 703. The Morgan fingerprint density at radius 2 is 1.76 bits per heavy atom. The Morgan fingerprint density at radius 1 is 1.00 bits per heavy atom. The van der Waals surface area contributed by atoms with Gasteiger partial charge in [0.1, 0.15) is 11.6 Å². The molecule has 158 valence electrons. The summed E-state index contributed by atoms with van der Waals surface area (Å²) >= 11 is 0. The van der Waals surface area contributed by atoms with E-state index in [4.69, 9.17) is 4.99 Å². The van der Waals surface area contributed by atoms with Gasteiger partial charge in [-0.25, -0.2) is 9.97 Å². The van der Waals surface area contributed by atoms with Gasteiger partial charge in [0.2, 0.25) is 0 Å². The Morgan fingerprint density at radius 3 is 2.41 bits per heavy atom. The molecule has 0 atom stereocenters. The molecule has 0 aliphatic carbocycles. The van der Waals surface area contributed by atoms with Gasteiger partial charge in [-0.05, 0) is 44.0 Å². The summed E-state index contributed by atoms with van der Waals surface area (Å²) in [6, 6.07) is 12.0. The average molecular weight is 509 g/mol. The predicted molar refractivity (Wildman–Crippen MR) is 131 cm³/mol. The highest BCUT2D eigenvalue weighted by Gasteiger charge is 2.20. The molecule has 1 saturated heterocycles. The van der Waals surface area contributed by atoms with Crippen LogP contribution in [-0.2, 0) is 0 Å². The molecule has 1 fully saturated rings. The van der Waals surface area contributed by atoms with E-state index in [1.807, 2.05) is 42.7 Å². The zero-order valence-electron chi connectivity index (χ0n) is 17.1. The van der Waals surface area contributed by atoms with Crippen molar-refractivity contribution in [2.24, 2.45) is 4.99 Å². The van der Waals surface area contributed by atoms with Crippen LogP contribution >= 0.6 is 24.0 Å². The minimum atomic E-state index is 0. The normalized spacial score (nSPS) is 14.3. The second-order valence-electron chi connectivity index (χ2n) is 6.75. The molecule has 0 aromatic carbocycles. The molecule has 3 rings (SSSR count). The van der Waals surface area contributed by atoms with Gasteiger partial charge in [-0.1, -0.05) is 12.1 Å². The Balaban J connectivity index is 0.00000300. The predicted octanol–water partition coefficient (Wildman–Crippen LogP) is 3.07. The van der Waals surface area contributed by atoms with Crippen molar-refractivity contribution in [1.82, 2.24) is 20.2 Å². The zero-order valence-corrected chi connectivity index (χ0v) is 19.5. The minimum Gasteiger partial charge on any atom is -0.370 e. The highest BCUT2D eigenvalue weighted by molar-refractivity contribution is 14.0. The van der Waals surface area contributed by atoms with E-state index >= 15 is 0 Å². The minimum absolute atomic E-state index is 0. The van der Waals surface area contributed by atoms with E-state index < -0.39 is 0 Å². The topological polar surface area (TPSA) is 68.7 Å². The van der Waals surface area contributed by atoms with Crippen molar-refractivity contribution >= 4 is 41.6 Å². The third-order valence-electron chi connectivity index (χ3n) is 4.70. The summed E-state index contributed by atoms with van der Waals surface area (Å²) < 4.78 is 0. The molecule has 1 aliphatic heterocycles. The average Bonchev–Trinajstić information content (AvgIpc) is 2.77. The van der Waals surface area contributed by atoms with Crippen LogP contribution in [0.5, 0.6) is 0 Å². The molecule has 0 amide bonds. The lowest BCUT2D eigenvalue weighted by Gasteiger charge is -2.37. The molecular formula is C21H32IN7. The van der Waals surface area contributed by atoms with Gasteiger partial charge in [-0.2, -0.15) is 0 Å². The standard InChI is InChI=1S/C21H31N7.HI/c1-2-22-21(26-14-8-7-12-24-19-9-3-5-11-23-19)28-17-15-27(16-18-28)20-10-4-6-13-25-20;/h3-6,9-11,13H,2,7-8,12,14-18H2,1H3,(H,22,26)(H,23,24);1H. The van der Waals surface area contributed by atoms with Crippen molar-refractivity contribution in [1.29, 1.82) is 0 Å². The lowest BCUT2D eigenvalue weighted by Crippen LogP contribution is -2.52. The number of nitrogens with zero attached hydrogens (tertiary/aromatic N) is 5. The largest absolute Gasteiger partial charge is 0.370 e. The molecule has 0 unspecified atom stereocenters. The lowest BCUT2D eigenvalue weighted by atomic mass is 10.3. The number of piperazine rings is 1. The number of rotatable bonds is 8. The fourth-order valence-corrected chi connectivity index (χ4v) is 3.22. The Hall–Kier alpha value is -2.10. The van der Waals surface area contributed by atoms with Gasteiger partial charge in [0, 0.05) is 58.2 Å². The first-order valence-electron chi connectivity index (χ1n) is 10.2. The number of aromatic nitrogens is 2. The third-order valence-corrected chi connectivity index (χ3v) is 4.70. The summed E-state index contributed by atoms with van der Waals surface area (Å²) in [6.07, 6.45) is 5.80. The number of anilines is 2. The molecule has 0 saturated carbocycles. The zero-order chi connectivity index (χ0) is 19.4. The van der Waals surface area contributed by atoms with Crippen LogP contribution < -0.4 is 15.5 Å². The third kappa shape index (κ3) is 7.68. The maximum Gasteiger partial charge on any atom is 0.194 e. The van der Waals surface area contributed by atoms with E-state index in [9.17, 15) is 0 Å². The van der Waals surface area contributed by atoms with E-state index in [1.165, 1.54) is 0 Å². The molecule has 0 bridgehead atoms. The molecule has 0 spiro atoms. The molecule has 2 N–H and O–H groups in total. The quantitative estimate of drug-likeness (QED) is 0.247. The van der Waals surface area contributed by atoms with Gasteiger partial charge in [0.15, 0.2) is 5.96 Å². The number of nitrogens with one attached hydrogen (secondary N) is 2. The number of hydrogen-bond acceptors (Lipinski definition) is 5. The molecule has 0 radical (unpaired) electrons. The fourth-order valence-electron chi connectivity index (χ4n) is 3.22. The van der Waals surface area contributed by atoms with Gasteiger partial charge in [0.05, 0.1) is 0 Å². The molecule has 8 heteroatoms. The summed E-state index contributed by atoms with van der Waals surface area (Å²) in [4.78, 5) is 18.3. The Labute approximate surface area is 191 Å². The van der Waals surface area contributed by atoms with Gasteiger partial charge in [0.25, 0.3) is 0 Å². The van der Waals surface area contributed by atoms with Crippen molar-refractivity contribution in [3.63, 3.8) is 0 Å². The van der Waals surface area contributed by atoms with Crippen molar-refractivity contribution in [3.8, 4) is 0 Å². The smallest absolute Gasteiger partial charge is 0.194 e. The van der Waals surface area contributed by atoms with Crippen LogP contribution in [0.25, 0.3) is 0 Å². The maximum absolute atomic E-state index is 4.83. The first kappa shape index (κ1) is 23.2. The molecule has 1 aliphatic rings. The van der Waals surface area contributed by atoms with Gasteiger partial charge in [-0.15, -0.1) is 24.0 Å². The second kappa shape index (κ2) is 13.2. The molecule has 7 nitrogen and oxygen atoms in total. The van der Waals surface area contributed by atoms with Gasteiger partial charge in [-0.3, -0.25) is 4.99 Å². The molecular weight excluding hydrogens is 477 g/mol. The Kier molecular flexibility index (Phi) is 10.5.